The van der Waals surface area contributed by atoms with Gasteiger partial charge >= 0.3 is 5.97 Å². The molecule has 2 heterocycles. The van der Waals surface area contributed by atoms with Crippen LogP contribution in [-0.2, 0) is 14.6 Å². The monoisotopic (exact) mass is 352 g/mol. The fourth-order valence-corrected chi connectivity index (χ4v) is 3.84. The van der Waals surface area contributed by atoms with E-state index >= 15 is 0 Å². The first-order valence-electron chi connectivity index (χ1n) is 6.94. The van der Waals surface area contributed by atoms with Crippen molar-refractivity contribution in [1.29, 1.82) is 0 Å². The summed E-state index contributed by atoms with van der Waals surface area (Å²) < 4.78 is 24.2. The molecule has 0 saturated carbocycles. The lowest BCUT2D eigenvalue weighted by molar-refractivity contribution is -0.650. The summed E-state index contributed by atoms with van der Waals surface area (Å²) in [5.74, 6) is -2.09. The zero-order valence-electron chi connectivity index (χ0n) is 12.5. The minimum absolute atomic E-state index is 0.0384. The van der Waals surface area contributed by atoms with Crippen LogP contribution in [0.25, 0.3) is 5.57 Å². The number of phenols is 2. The first-order valence-corrected chi connectivity index (χ1v) is 8.49. The molecule has 5 N–H and O–H groups in total. The third-order valence-corrected chi connectivity index (χ3v) is 5.35. The van der Waals surface area contributed by atoms with E-state index in [0.717, 1.165) is 11.6 Å². The van der Waals surface area contributed by atoms with Gasteiger partial charge in [0, 0.05) is 18.8 Å². The second-order valence-electron chi connectivity index (χ2n) is 5.32. The number of nitrogens with two attached hydrogens (primary N) is 1. The highest BCUT2D eigenvalue weighted by atomic mass is 32.2. The van der Waals surface area contributed by atoms with E-state index in [9.17, 15) is 23.4 Å². The van der Waals surface area contributed by atoms with Crippen LogP contribution in [0, 0.1) is 0 Å². The molecule has 0 spiro atoms. The van der Waals surface area contributed by atoms with E-state index in [2.05, 4.69) is 9.98 Å². The van der Waals surface area contributed by atoms with Crippen molar-refractivity contribution in [3.8, 4) is 11.5 Å². The van der Waals surface area contributed by atoms with Crippen molar-refractivity contribution in [3.63, 3.8) is 0 Å². The van der Waals surface area contributed by atoms with E-state index in [1.54, 1.807) is 7.05 Å². The van der Waals surface area contributed by atoms with Gasteiger partial charge in [0.25, 0.3) is 0 Å². The molecule has 1 aromatic rings. The number of likely N-dealkylation sites (N-methyl/N-ethyl adjacent to an activating group) is 1. The Morgan fingerprint density at radius 3 is 2.58 bits per heavy atom. The number of aromatic hydroxyl groups is 2. The lowest BCUT2D eigenvalue weighted by Crippen LogP contribution is -2.88. The number of nitrogens with zero attached hydrogens (tertiary/aromatic N) is 2. The summed E-state index contributed by atoms with van der Waals surface area (Å²) in [5.41, 5.74) is 0.488. The van der Waals surface area contributed by atoms with Crippen molar-refractivity contribution in [1.82, 2.24) is 0 Å². The SMILES string of the molecule is C[NH2+]C(CC1=CN=c2c(O)c3c(c(O)c21)=NC=CS3(=O)=O)C(=O)O. The highest BCUT2D eigenvalue weighted by molar-refractivity contribution is 7.94. The van der Waals surface area contributed by atoms with Crippen LogP contribution >= 0.6 is 0 Å². The molecule has 0 aromatic heterocycles. The number of hydrogen-bond donors (Lipinski definition) is 4. The van der Waals surface area contributed by atoms with Gasteiger partial charge in [-0.2, -0.15) is 0 Å². The minimum Gasteiger partial charge on any atom is -0.505 e. The standard InChI is InChI=1S/C14H13N3O6S/c1-15-7(14(20)21)4-6-5-17-9-8(6)11(18)10-13(12(9)19)24(22,23)3-2-16-10/h2-3,5,7,15,18-19H,4H2,1H3,(H,20,21)/p+1. The van der Waals surface area contributed by atoms with E-state index < -0.39 is 38.2 Å². The zero-order chi connectivity index (χ0) is 17.6. The van der Waals surface area contributed by atoms with Crippen LogP contribution in [0.1, 0.15) is 12.0 Å². The molecular weight excluding hydrogens is 338 g/mol. The highest BCUT2D eigenvalue weighted by Crippen LogP contribution is 2.32. The molecule has 1 unspecified atom stereocenters. The Morgan fingerprint density at radius 2 is 1.96 bits per heavy atom. The van der Waals surface area contributed by atoms with E-state index in [1.165, 1.54) is 11.5 Å². The number of benzene rings is 1. The number of fused-ring (bicyclic) bond motifs is 2. The molecule has 126 valence electrons. The van der Waals surface area contributed by atoms with Crippen LogP contribution in [-0.4, -0.2) is 42.8 Å². The van der Waals surface area contributed by atoms with Gasteiger partial charge in [0.05, 0.1) is 18.0 Å². The van der Waals surface area contributed by atoms with Gasteiger partial charge in [0.15, 0.2) is 17.5 Å². The molecule has 24 heavy (non-hydrogen) atoms. The fraction of sp³-hybridized carbons (Fsp3) is 0.214. The maximum Gasteiger partial charge on any atom is 0.362 e. The van der Waals surface area contributed by atoms with Crippen LogP contribution in [0.5, 0.6) is 11.5 Å². The average molecular weight is 352 g/mol. The molecule has 2 aliphatic rings. The maximum atomic E-state index is 12.1. The second kappa shape index (κ2) is 5.42. The van der Waals surface area contributed by atoms with Gasteiger partial charge in [-0.05, 0) is 5.57 Å². The number of aliphatic carboxylic acids is 1. The first-order chi connectivity index (χ1) is 11.3. The molecule has 0 bridgehead atoms. The predicted octanol–water partition coefficient (Wildman–Crippen LogP) is -2.01. The van der Waals surface area contributed by atoms with Crippen LogP contribution in [0.4, 0.5) is 0 Å². The quantitative estimate of drug-likeness (QED) is 0.459. The zero-order valence-corrected chi connectivity index (χ0v) is 13.3. The number of hydrogen-bond acceptors (Lipinski definition) is 7. The Hall–Kier alpha value is -2.72. The molecule has 0 fully saturated rings. The Morgan fingerprint density at radius 1 is 1.25 bits per heavy atom. The van der Waals surface area contributed by atoms with Crippen molar-refractivity contribution in [3.05, 3.63) is 34.1 Å². The molecule has 10 heteroatoms. The summed E-state index contributed by atoms with van der Waals surface area (Å²) >= 11 is 0. The summed E-state index contributed by atoms with van der Waals surface area (Å²) in [6.45, 7) is 0. The van der Waals surface area contributed by atoms with E-state index in [-0.39, 0.29) is 22.7 Å². The lowest BCUT2D eigenvalue weighted by Gasteiger charge is -2.13. The number of sulfone groups is 1. The molecule has 9 nitrogen and oxygen atoms in total. The summed E-state index contributed by atoms with van der Waals surface area (Å²) in [4.78, 5) is 18.5. The largest absolute Gasteiger partial charge is 0.505 e. The molecule has 0 aliphatic carbocycles. The van der Waals surface area contributed by atoms with Crippen molar-refractivity contribution in [2.75, 3.05) is 7.05 Å². The molecule has 0 saturated heterocycles. The number of phenolic OH excluding ortho intramolecular Hbond substituents is 2. The summed E-state index contributed by atoms with van der Waals surface area (Å²) in [5, 5.41) is 31.8. The van der Waals surface area contributed by atoms with Gasteiger partial charge in [0.2, 0.25) is 9.84 Å². The van der Waals surface area contributed by atoms with E-state index in [0.29, 0.717) is 5.57 Å². The highest BCUT2D eigenvalue weighted by Gasteiger charge is 2.32. The summed E-state index contributed by atoms with van der Waals surface area (Å²) in [6, 6.07) is -0.810. The second-order valence-corrected chi connectivity index (χ2v) is 7.09. The molecule has 0 radical (unpaired) electrons. The maximum absolute atomic E-state index is 12.1. The molecule has 2 aliphatic heterocycles. The van der Waals surface area contributed by atoms with Gasteiger partial charge < -0.3 is 20.6 Å². The summed E-state index contributed by atoms with van der Waals surface area (Å²) in [7, 11) is -2.34. The minimum atomic E-state index is -3.94. The van der Waals surface area contributed by atoms with Gasteiger partial charge in [-0.15, -0.1) is 0 Å². The fourth-order valence-electron chi connectivity index (χ4n) is 2.69. The number of carboxylic acid groups (broad SMARTS) is 1. The lowest BCUT2D eigenvalue weighted by atomic mass is 9.98. The molecule has 0 amide bonds. The molecule has 3 rings (SSSR count). The van der Waals surface area contributed by atoms with Crippen LogP contribution in [0.3, 0.4) is 0 Å². The number of rotatable bonds is 4. The third kappa shape index (κ3) is 2.27. The Kier molecular flexibility index (Phi) is 3.65. The smallest absolute Gasteiger partial charge is 0.362 e. The van der Waals surface area contributed by atoms with E-state index in [1.807, 2.05) is 0 Å². The van der Waals surface area contributed by atoms with Crippen molar-refractivity contribution in [2.24, 2.45) is 9.98 Å². The van der Waals surface area contributed by atoms with Crippen LogP contribution in [0.2, 0.25) is 0 Å². The van der Waals surface area contributed by atoms with Crippen molar-refractivity contribution >= 4 is 21.4 Å². The van der Waals surface area contributed by atoms with Crippen LogP contribution < -0.4 is 16.0 Å². The van der Waals surface area contributed by atoms with Gasteiger partial charge in [-0.1, -0.05) is 0 Å². The Bertz CT molecular complexity index is 1040. The summed E-state index contributed by atoms with van der Waals surface area (Å²) in [6.07, 6.45) is 2.37. The third-order valence-electron chi connectivity index (χ3n) is 3.91. The van der Waals surface area contributed by atoms with E-state index in [4.69, 9.17) is 5.11 Å². The first kappa shape index (κ1) is 16.1. The molecule has 1 atom stereocenters. The Labute approximate surface area is 135 Å². The van der Waals surface area contributed by atoms with Crippen molar-refractivity contribution in [2.45, 2.75) is 17.4 Å². The number of carbonyl (C=O) groups is 1. The average Bonchev–Trinajstić information content (AvgIpc) is 2.93. The topological polar surface area (TPSA) is 153 Å². The number of quaternary nitrogens is 1. The normalized spacial score (nSPS) is 18.0. The van der Waals surface area contributed by atoms with Crippen LogP contribution in [0.15, 0.2) is 32.7 Å². The van der Waals surface area contributed by atoms with Gasteiger partial charge in [-0.3, -0.25) is 9.98 Å². The molecule has 1 aromatic carbocycles. The number of carboxylic acids is 1. The molecular formula is C14H14N3O6S+. The van der Waals surface area contributed by atoms with Gasteiger partial charge in [-0.25, -0.2) is 13.2 Å². The predicted molar refractivity (Wildman–Crippen MR) is 80.3 cm³/mol. The van der Waals surface area contributed by atoms with Crippen molar-refractivity contribution < 1.29 is 33.8 Å². The Balaban J connectivity index is 2.22. The van der Waals surface area contributed by atoms with Gasteiger partial charge in [0.1, 0.15) is 15.6 Å².